The van der Waals surface area contributed by atoms with Crippen LogP contribution in [0.3, 0.4) is 0 Å². The summed E-state index contributed by atoms with van der Waals surface area (Å²) < 4.78 is 5.36. The number of anilines is 1. The van der Waals surface area contributed by atoms with E-state index in [0.29, 0.717) is 31.3 Å². The summed E-state index contributed by atoms with van der Waals surface area (Å²) in [5, 5.41) is 5.56. The SMILES string of the molecule is CNc1cnc(C(=O)NCCOCCN(C)C)cn1. The molecule has 2 N–H and O–H groups in total. The molecule has 106 valence electrons. The van der Waals surface area contributed by atoms with Gasteiger partial charge in [-0.05, 0) is 14.1 Å². The van der Waals surface area contributed by atoms with Crippen molar-refractivity contribution in [1.82, 2.24) is 20.2 Å². The van der Waals surface area contributed by atoms with Crippen molar-refractivity contribution in [3.05, 3.63) is 18.1 Å². The van der Waals surface area contributed by atoms with Gasteiger partial charge in [-0.3, -0.25) is 4.79 Å². The maximum Gasteiger partial charge on any atom is 0.271 e. The number of hydrogen-bond acceptors (Lipinski definition) is 6. The van der Waals surface area contributed by atoms with E-state index >= 15 is 0 Å². The van der Waals surface area contributed by atoms with Gasteiger partial charge in [-0.2, -0.15) is 0 Å². The van der Waals surface area contributed by atoms with E-state index in [0.717, 1.165) is 6.54 Å². The minimum absolute atomic E-state index is 0.244. The molecule has 0 fully saturated rings. The molecule has 7 heteroatoms. The summed E-state index contributed by atoms with van der Waals surface area (Å²) in [7, 11) is 5.71. The van der Waals surface area contributed by atoms with Crippen LogP contribution in [-0.4, -0.2) is 68.2 Å². The number of carbonyl (C=O) groups excluding carboxylic acids is 1. The first-order valence-electron chi connectivity index (χ1n) is 6.14. The van der Waals surface area contributed by atoms with Crippen molar-refractivity contribution in [3.8, 4) is 0 Å². The van der Waals surface area contributed by atoms with E-state index in [1.807, 2.05) is 19.0 Å². The van der Waals surface area contributed by atoms with Crippen molar-refractivity contribution in [3.63, 3.8) is 0 Å². The molecule has 0 unspecified atom stereocenters. The first-order chi connectivity index (χ1) is 9.13. The highest BCUT2D eigenvalue weighted by molar-refractivity contribution is 5.91. The molecule has 0 aliphatic rings. The third kappa shape index (κ3) is 6.12. The highest BCUT2D eigenvalue weighted by Crippen LogP contribution is 1.99. The number of nitrogens with one attached hydrogen (secondary N) is 2. The summed E-state index contributed by atoms with van der Waals surface area (Å²) in [5.41, 5.74) is 0.298. The van der Waals surface area contributed by atoms with Gasteiger partial charge in [0, 0.05) is 20.1 Å². The lowest BCUT2D eigenvalue weighted by atomic mass is 10.4. The molecule has 1 rings (SSSR count). The zero-order valence-electron chi connectivity index (χ0n) is 11.6. The van der Waals surface area contributed by atoms with Crippen molar-refractivity contribution in [2.75, 3.05) is 52.8 Å². The van der Waals surface area contributed by atoms with Crippen LogP contribution >= 0.6 is 0 Å². The van der Waals surface area contributed by atoms with Crippen LogP contribution in [0.5, 0.6) is 0 Å². The number of rotatable bonds is 8. The summed E-state index contributed by atoms with van der Waals surface area (Å²) in [6.07, 6.45) is 2.95. The van der Waals surface area contributed by atoms with Gasteiger partial charge in [0.05, 0.1) is 25.6 Å². The second kappa shape index (κ2) is 8.39. The molecule has 0 atom stereocenters. The van der Waals surface area contributed by atoms with E-state index in [1.54, 1.807) is 7.05 Å². The van der Waals surface area contributed by atoms with Crippen molar-refractivity contribution < 1.29 is 9.53 Å². The van der Waals surface area contributed by atoms with Crippen LogP contribution in [0.25, 0.3) is 0 Å². The minimum atomic E-state index is -0.244. The molecule has 0 aromatic carbocycles. The first kappa shape index (κ1) is 15.3. The standard InChI is InChI=1S/C12H21N5O2/c1-13-11-9-15-10(8-16-11)12(18)14-4-6-19-7-5-17(2)3/h8-9H,4-7H2,1-3H3,(H,13,16)(H,14,18). The number of amides is 1. The summed E-state index contributed by atoms with van der Waals surface area (Å²) in [6, 6.07) is 0. The number of likely N-dealkylation sites (N-methyl/N-ethyl adjacent to an activating group) is 1. The maximum atomic E-state index is 11.7. The van der Waals surface area contributed by atoms with Crippen molar-refractivity contribution in [2.45, 2.75) is 0 Å². The van der Waals surface area contributed by atoms with E-state index in [2.05, 4.69) is 20.6 Å². The maximum absolute atomic E-state index is 11.7. The summed E-state index contributed by atoms with van der Waals surface area (Å²) in [5.74, 6) is 0.384. The molecule has 19 heavy (non-hydrogen) atoms. The zero-order valence-corrected chi connectivity index (χ0v) is 11.6. The predicted octanol–water partition coefficient (Wildman–Crippen LogP) is -0.174. The lowest BCUT2D eigenvalue weighted by Gasteiger charge is -2.10. The van der Waals surface area contributed by atoms with Crippen LogP contribution in [0, 0.1) is 0 Å². The van der Waals surface area contributed by atoms with Gasteiger partial charge < -0.3 is 20.3 Å². The fourth-order valence-electron chi connectivity index (χ4n) is 1.25. The molecule has 0 aliphatic carbocycles. The average Bonchev–Trinajstić information content (AvgIpc) is 2.42. The van der Waals surface area contributed by atoms with E-state index in [4.69, 9.17) is 4.74 Å². The molecule has 0 saturated heterocycles. The Morgan fingerprint density at radius 3 is 2.68 bits per heavy atom. The molecular formula is C12H21N5O2. The van der Waals surface area contributed by atoms with Crippen molar-refractivity contribution >= 4 is 11.7 Å². The van der Waals surface area contributed by atoms with Crippen LogP contribution < -0.4 is 10.6 Å². The normalized spacial score (nSPS) is 10.5. The highest BCUT2D eigenvalue weighted by atomic mass is 16.5. The second-order valence-corrected chi connectivity index (χ2v) is 4.21. The lowest BCUT2D eigenvalue weighted by Crippen LogP contribution is -2.29. The fourth-order valence-corrected chi connectivity index (χ4v) is 1.25. The summed E-state index contributed by atoms with van der Waals surface area (Å²) in [6.45, 7) is 2.47. The number of hydrogen-bond donors (Lipinski definition) is 2. The highest BCUT2D eigenvalue weighted by Gasteiger charge is 2.06. The van der Waals surface area contributed by atoms with Crippen LogP contribution in [0.2, 0.25) is 0 Å². The van der Waals surface area contributed by atoms with E-state index < -0.39 is 0 Å². The van der Waals surface area contributed by atoms with Crippen LogP contribution in [-0.2, 0) is 4.74 Å². The molecule has 0 spiro atoms. The number of carbonyl (C=O) groups is 1. The van der Waals surface area contributed by atoms with E-state index in [-0.39, 0.29) is 5.91 Å². The molecule has 1 aromatic heterocycles. The van der Waals surface area contributed by atoms with Crippen LogP contribution in [0.1, 0.15) is 10.5 Å². The van der Waals surface area contributed by atoms with Gasteiger partial charge in [-0.25, -0.2) is 9.97 Å². The zero-order chi connectivity index (χ0) is 14.1. The van der Waals surface area contributed by atoms with Gasteiger partial charge in [0.25, 0.3) is 5.91 Å². The van der Waals surface area contributed by atoms with Gasteiger partial charge in [-0.1, -0.05) is 0 Å². The smallest absolute Gasteiger partial charge is 0.271 e. The predicted molar refractivity (Wildman–Crippen MR) is 73.3 cm³/mol. The molecule has 1 amide bonds. The molecule has 1 heterocycles. The Morgan fingerprint density at radius 2 is 2.11 bits per heavy atom. The molecule has 1 aromatic rings. The molecular weight excluding hydrogens is 246 g/mol. The Hall–Kier alpha value is -1.73. The monoisotopic (exact) mass is 267 g/mol. The Labute approximate surface area is 113 Å². The number of ether oxygens (including phenoxy) is 1. The minimum Gasteiger partial charge on any atom is -0.378 e. The Balaban J connectivity index is 2.20. The topological polar surface area (TPSA) is 79.4 Å². The Kier molecular flexibility index (Phi) is 6.76. The largest absolute Gasteiger partial charge is 0.378 e. The van der Waals surface area contributed by atoms with Gasteiger partial charge in [0.1, 0.15) is 11.5 Å². The second-order valence-electron chi connectivity index (χ2n) is 4.21. The van der Waals surface area contributed by atoms with Crippen molar-refractivity contribution in [2.24, 2.45) is 0 Å². The van der Waals surface area contributed by atoms with Gasteiger partial charge in [-0.15, -0.1) is 0 Å². The molecule has 7 nitrogen and oxygen atoms in total. The third-order valence-corrected chi connectivity index (χ3v) is 2.36. The van der Waals surface area contributed by atoms with Crippen molar-refractivity contribution in [1.29, 1.82) is 0 Å². The lowest BCUT2D eigenvalue weighted by molar-refractivity contribution is 0.0895. The first-order valence-corrected chi connectivity index (χ1v) is 6.14. The fraction of sp³-hybridized carbons (Fsp3) is 0.583. The van der Waals surface area contributed by atoms with E-state index in [9.17, 15) is 4.79 Å². The number of nitrogens with zero attached hydrogens (tertiary/aromatic N) is 3. The van der Waals surface area contributed by atoms with Gasteiger partial charge >= 0.3 is 0 Å². The Bertz CT molecular complexity index is 380. The van der Waals surface area contributed by atoms with E-state index in [1.165, 1.54) is 12.4 Å². The van der Waals surface area contributed by atoms with Gasteiger partial charge in [0.15, 0.2) is 0 Å². The molecule has 0 bridgehead atoms. The Morgan fingerprint density at radius 1 is 1.32 bits per heavy atom. The van der Waals surface area contributed by atoms with Crippen LogP contribution in [0.15, 0.2) is 12.4 Å². The van der Waals surface area contributed by atoms with Gasteiger partial charge in [0.2, 0.25) is 0 Å². The van der Waals surface area contributed by atoms with Crippen LogP contribution in [0.4, 0.5) is 5.82 Å². The quantitative estimate of drug-likeness (QED) is 0.636. The third-order valence-electron chi connectivity index (χ3n) is 2.36. The summed E-state index contributed by atoms with van der Waals surface area (Å²) >= 11 is 0. The molecule has 0 aliphatic heterocycles. The molecule has 0 saturated carbocycles. The number of aromatic nitrogens is 2. The summed E-state index contributed by atoms with van der Waals surface area (Å²) in [4.78, 5) is 21.8. The molecule has 0 radical (unpaired) electrons. The average molecular weight is 267 g/mol.